The molecule has 8 N–H and O–H groups in total. The summed E-state index contributed by atoms with van der Waals surface area (Å²) >= 11 is 0. The maximum atomic E-state index is 12.7. The van der Waals surface area contributed by atoms with E-state index >= 15 is 0 Å². The molecule has 150 heavy (non-hydrogen) atoms. The van der Waals surface area contributed by atoms with Gasteiger partial charge in [0.2, 0.25) is 23.6 Å². The Hall–Kier alpha value is -17.7. The lowest BCUT2D eigenvalue weighted by Gasteiger charge is -2.32. The molecule has 20 rings (SSSR count). The molecule has 0 unspecified atom stereocenters. The van der Waals surface area contributed by atoms with E-state index in [1.165, 1.54) is 49.6 Å². The van der Waals surface area contributed by atoms with Gasteiger partial charge in [0, 0.05) is 123 Å². The first-order valence-corrected chi connectivity index (χ1v) is 50.4. The van der Waals surface area contributed by atoms with E-state index in [4.69, 9.17) is 52.8 Å². The van der Waals surface area contributed by atoms with Crippen LogP contribution in [0.5, 0.6) is 11.5 Å². The average Bonchev–Trinajstić information content (AvgIpc) is 1.62. The fourth-order valence-electron chi connectivity index (χ4n) is 19.9. The Morgan fingerprint density at radius 1 is 0.327 bits per heavy atom. The molecule has 34 heteroatoms. The van der Waals surface area contributed by atoms with Crippen molar-refractivity contribution in [2.45, 2.75) is 141 Å². The van der Waals surface area contributed by atoms with Crippen LogP contribution in [0.4, 0.5) is 23.3 Å². The Labute approximate surface area is 868 Å². The number of carbonyl (C=O) groups is 8. The number of amides is 4. The zero-order chi connectivity index (χ0) is 105. The van der Waals surface area contributed by atoms with Gasteiger partial charge in [-0.1, -0.05) is 190 Å². The summed E-state index contributed by atoms with van der Waals surface area (Å²) in [4.78, 5) is 141. The summed E-state index contributed by atoms with van der Waals surface area (Å²) in [6.45, 7) is 23.4. The molecule has 4 aliphatic heterocycles. The lowest BCUT2D eigenvalue weighted by molar-refractivity contribution is -0.128. The van der Waals surface area contributed by atoms with Crippen molar-refractivity contribution in [3.05, 3.63) is 326 Å². The van der Waals surface area contributed by atoms with Crippen LogP contribution in [0.15, 0.2) is 270 Å². The van der Waals surface area contributed by atoms with Crippen LogP contribution in [0.3, 0.4) is 0 Å². The molecule has 764 valence electrons. The normalized spacial score (nSPS) is 15.5. The van der Waals surface area contributed by atoms with Crippen LogP contribution in [0.25, 0.3) is 89.2 Å². The first kappa shape index (κ1) is 104. The maximum absolute atomic E-state index is 12.7. The number of nitrogens with two attached hydrogens (primary N) is 4. The number of piperidine rings is 4. The van der Waals surface area contributed by atoms with Crippen LogP contribution < -0.4 is 32.4 Å². The fourth-order valence-corrected chi connectivity index (χ4v) is 19.9. The lowest BCUT2D eigenvalue weighted by atomic mass is 9.98. The third-order valence-corrected chi connectivity index (χ3v) is 28.1. The number of nitrogens with zero attached hydrogens (tertiary/aromatic N) is 20. The van der Waals surface area contributed by atoms with Crippen LogP contribution in [0.1, 0.15) is 176 Å². The van der Waals surface area contributed by atoms with Gasteiger partial charge in [-0.25, -0.2) is 58.6 Å². The molecule has 4 saturated heterocycles. The Morgan fingerprint density at radius 2 is 0.613 bits per heavy atom. The number of hydrogen-bond donors (Lipinski definition) is 4. The number of fused-ring (bicyclic) bond motifs is 4. The van der Waals surface area contributed by atoms with Gasteiger partial charge in [-0.15, -0.1) is 0 Å². The van der Waals surface area contributed by atoms with Crippen molar-refractivity contribution >= 4 is 114 Å². The number of hydrogen-bond acceptors (Lipinski definition) is 26. The third-order valence-electron chi connectivity index (χ3n) is 28.1. The van der Waals surface area contributed by atoms with Gasteiger partial charge in [-0.05, 0) is 179 Å². The van der Waals surface area contributed by atoms with E-state index in [1.807, 2.05) is 190 Å². The SMILES string of the molecule is C=CC(=O)N1CCC[C@@H](n2nc(-c3ccc(CCC(=O)c4ccc(C)cc4)cc3)c3c(N)ncnc32)C1.C=CC(=O)N1CCC[C@@H](n2nc(-c3ccc(CCC(=O)c4ccc(OC)cc4)cc3)c3c(N)ncnc32)C1.C=CC(=O)N1CCC[C@@H](n2nc(-c3ccc(CCC(=O)c4cccc(OC)c4)cc3)c3c(N)ncnc32)C1.C=CC(=O)N1CCC[C@@H](n2nc(-c3ccc(CCC(=O)c4ccccc4C)cc3)c3c(N)ncnc32)C1. The fraction of sp³-hybridized carbons (Fsp3) is 0.276. The van der Waals surface area contributed by atoms with Gasteiger partial charge in [-0.2, -0.15) is 20.4 Å². The van der Waals surface area contributed by atoms with Gasteiger partial charge in [0.05, 0.1) is 59.9 Å². The summed E-state index contributed by atoms with van der Waals surface area (Å²) in [6.07, 6.45) is 22.4. The zero-order valence-electron chi connectivity index (χ0n) is 84.5. The smallest absolute Gasteiger partial charge is 0.246 e. The van der Waals surface area contributed by atoms with Crippen molar-refractivity contribution in [2.75, 3.05) is 89.5 Å². The van der Waals surface area contributed by atoms with Gasteiger partial charge < -0.3 is 52.0 Å². The number of Topliss-reactive ketones (excluding diaryl/α,β-unsaturated/α-hetero) is 4. The quantitative estimate of drug-likeness (QED) is 0.0240. The van der Waals surface area contributed by atoms with Crippen molar-refractivity contribution < 1.29 is 47.8 Å². The maximum Gasteiger partial charge on any atom is 0.246 e. The molecule has 0 spiro atoms. The molecular formula is C116H120N24O10. The molecular weight excluding hydrogens is 1890 g/mol. The Morgan fingerprint density at radius 3 is 0.907 bits per heavy atom. The average molecular weight is 2010 g/mol. The molecule has 0 bridgehead atoms. The predicted octanol–water partition coefficient (Wildman–Crippen LogP) is 17.6. The third kappa shape index (κ3) is 23.7. The molecule has 8 aromatic heterocycles. The van der Waals surface area contributed by atoms with Gasteiger partial charge in [-0.3, -0.25) is 38.4 Å². The van der Waals surface area contributed by atoms with Crippen molar-refractivity contribution in [3.8, 4) is 56.5 Å². The second-order valence-corrected chi connectivity index (χ2v) is 37.8. The minimum Gasteiger partial charge on any atom is -0.497 e. The number of anilines is 4. The highest BCUT2D eigenvalue weighted by atomic mass is 16.5. The molecule has 4 atom stereocenters. The van der Waals surface area contributed by atoms with Crippen molar-refractivity contribution in [1.82, 2.24) is 98.6 Å². The summed E-state index contributed by atoms with van der Waals surface area (Å²) in [5.74, 6) is 2.97. The van der Waals surface area contributed by atoms with Crippen molar-refractivity contribution in [1.29, 1.82) is 0 Å². The summed E-state index contributed by atoms with van der Waals surface area (Å²) in [7, 11) is 3.19. The van der Waals surface area contributed by atoms with Gasteiger partial charge in [0.25, 0.3) is 0 Å². The molecule has 4 aliphatic rings. The van der Waals surface area contributed by atoms with Gasteiger partial charge >= 0.3 is 0 Å². The Kier molecular flexibility index (Phi) is 32.9. The van der Waals surface area contributed by atoms with Crippen LogP contribution in [0.2, 0.25) is 0 Å². The molecule has 0 aliphatic carbocycles. The highest BCUT2D eigenvalue weighted by Gasteiger charge is 2.35. The number of aryl methyl sites for hydroxylation is 6. The number of nitrogen functional groups attached to an aromatic ring is 4. The molecule has 8 aromatic carbocycles. The number of likely N-dealkylation sites (tertiary alicyclic amines) is 4. The van der Waals surface area contributed by atoms with E-state index in [0.717, 1.165) is 124 Å². The predicted molar refractivity (Wildman–Crippen MR) is 580 cm³/mol. The first-order chi connectivity index (χ1) is 72.9. The second-order valence-electron chi connectivity index (χ2n) is 37.8. The van der Waals surface area contributed by atoms with Crippen molar-refractivity contribution in [3.63, 3.8) is 0 Å². The Bertz CT molecular complexity index is 7710. The highest BCUT2D eigenvalue weighted by Crippen LogP contribution is 2.41. The van der Waals surface area contributed by atoms with Crippen LogP contribution in [-0.4, -0.2) is 212 Å². The number of ether oxygens (including phenoxy) is 2. The summed E-state index contributed by atoms with van der Waals surface area (Å²) in [5, 5.41) is 22.5. The largest absolute Gasteiger partial charge is 0.497 e. The second kappa shape index (κ2) is 47.6. The molecule has 0 saturated carbocycles. The number of methoxy groups -OCH3 is 2. The van der Waals surface area contributed by atoms with Crippen LogP contribution in [-0.2, 0) is 44.9 Å². The minimum absolute atomic E-state index is 0.0183. The number of benzene rings is 8. The van der Waals surface area contributed by atoms with E-state index in [1.54, 1.807) is 70.2 Å². The van der Waals surface area contributed by atoms with E-state index < -0.39 is 0 Å². The highest BCUT2D eigenvalue weighted by molar-refractivity contribution is 6.04. The van der Waals surface area contributed by atoms with Crippen molar-refractivity contribution in [2.24, 2.45) is 0 Å². The van der Waals surface area contributed by atoms with Crippen LogP contribution >= 0.6 is 0 Å². The van der Waals surface area contributed by atoms with E-state index in [-0.39, 0.29) is 70.9 Å². The summed E-state index contributed by atoms with van der Waals surface area (Å²) in [6, 6.07) is 61.7. The molecule has 12 heterocycles. The zero-order valence-corrected chi connectivity index (χ0v) is 84.5. The summed E-state index contributed by atoms with van der Waals surface area (Å²) in [5.41, 5.74) is 43.4. The Balaban J connectivity index is 0.000000136. The molecule has 34 nitrogen and oxygen atoms in total. The number of aromatic nitrogens is 16. The number of carbonyl (C=O) groups excluding carboxylic acids is 8. The number of rotatable bonds is 30. The molecule has 4 fully saturated rings. The molecule has 0 radical (unpaired) electrons. The number of ketones is 4. The van der Waals surface area contributed by atoms with Gasteiger partial charge in [0.1, 0.15) is 82.9 Å². The molecule has 4 amide bonds. The summed E-state index contributed by atoms with van der Waals surface area (Å²) < 4.78 is 17.9. The van der Waals surface area contributed by atoms with E-state index in [9.17, 15) is 38.4 Å². The van der Waals surface area contributed by atoms with Gasteiger partial charge in [0.15, 0.2) is 45.7 Å². The topological polar surface area (TPSA) is 446 Å². The lowest BCUT2D eigenvalue weighted by Crippen LogP contribution is -2.40. The van der Waals surface area contributed by atoms with E-state index in [2.05, 4.69) is 66.2 Å². The van der Waals surface area contributed by atoms with E-state index in [0.29, 0.717) is 211 Å². The monoisotopic (exact) mass is 2010 g/mol. The standard InChI is InChI=1S/2C29H30N6O3.2C29H30N6O2/c1-3-25(37)34-15-5-7-22(17-34)35-29-26(28(30)31-18-32-29)27(33-35)20-12-9-19(10-13-20)11-14-24(36)21-6-4-8-23(16-21)38-2;1-3-25(37)34-16-4-5-22(17-34)35-29-26(28(30)31-18-32-29)27(33-35)21-9-6-19(7-10-21)8-15-24(36)20-11-13-23(38-2)14-12-20;1-3-25(37)34-16-4-5-23(17-34)35-29-26(28(30)31-18-32-29)27(33-35)22-13-8-20(9-14-22)10-15-24(36)21-11-6-19(2)7-12-21;1-3-25(37)34-16-6-8-22(17-34)35-29-26(28(30)31-18-32-29)27(33-35)21-13-10-20(11-14-21)12-15-24(36)23-9-5-4-7-19(23)2/h3-4,6,8-10,12-13,16,18,22H,1,5,7,11,14-15,17H2,2H3,(H2,30,31,32);3,6-7,9-14,18,22H,1,4-5,8,15-17H2,2H3,(H2,30,31,32);3,6-9,11-14,18,23H,1,4-5,10,15-17H2,2H3,(H2,30,31,32);3-5,7,9-11,13-14,18,22H,1,6,8,12,15-17H2,2H3,(H2,30,31,32)/t2*22-;23-;22-/m1111/s1. The first-order valence-electron chi connectivity index (χ1n) is 50.4. The minimum atomic E-state index is -0.0824. The molecule has 16 aromatic rings. The van der Waals surface area contributed by atoms with Crippen LogP contribution in [0, 0.1) is 13.8 Å².